The van der Waals surface area contributed by atoms with Gasteiger partial charge < -0.3 is 5.73 Å². The van der Waals surface area contributed by atoms with Gasteiger partial charge in [0.05, 0.1) is 20.8 Å². The van der Waals surface area contributed by atoms with Gasteiger partial charge in [-0.2, -0.15) is 5.10 Å². The highest BCUT2D eigenvalue weighted by Crippen LogP contribution is 2.33. The van der Waals surface area contributed by atoms with Gasteiger partial charge in [0, 0.05) is 13.2 Å². The van der Waals surface area contributed by atoms with E-state index in [1.807, 2.05) is 0 Å². The number of benzene rings is 1. The summed E-state index contributed by atoms with van der Waals surface area (Å²) in [6.45, 7) is 0. The van der Waals surface area contributed by atoms with Crippen LogP contribution >= 0.6 is 34.8 Å². The van der Waals surface area contributed by atoms with Crippen LogP contribution in [0, 0.1) is 0 Å². The maximum atomic E-state index is 12.2. The number of nitrogens with zero attached hydrogens (tertiary/aromatic N) is 2. The molecule has 0 bridgehead atoms. The number of halogens is 3. The van der Waals surface area contributed by atoms with Gasteiger partial charge in [0.15, 0.2) is 5.82 Å². The Balaban J connectivity index is 2.43. The lowest BCUT2D eigenvalue weighted by Crippen LogP contribution is -2.14. The van der Waals surface area contributed by atoms with Crippen LogP contribution in [0.1, 0.15) is 0 Å². The van der Waals surface area contributed by atoms with Gasteiger partial charge in [0.2, 0.25) is 0 Å². The Kier molecular flexibility index (Phi) is 4.06. The first kappa shape index (κ1) is 15.2. The molecular formula is C10H9Cl3N4O2S. The molecule has 0 radical (unpaired) electrons. The molecule has 0 saturated heterocycles. The standard InChI is InChI=1S/C10H9Cl3N4O2S/c1-17-4-9(10(14)15-17)20(18,19)16-8-3-6(12)5(11)2-7(8)13/h2-4,16H,1H3,(H2,14,15). The summed E-state index contributed by atoms with van der Waals surface area (Å²) in [5.41, 5.74) is 5.64. The molecule has 2 aromatic rings. The topological polar surface area (TPSA) is 90.0 Å². The molecule has 0 aliphatic rings. The summed E-state index contributed by atoms with van der Waals surface area (Å²) < 4.78 is 28.0. The van der Waals surface area contributed by atoms with Crippen LogP contribution in [0.15, 0.2) is 23.2 Å². The second kappa shape index (κ2) is 5.33. The first-order valence-corrected chi connectivity index (χ1v) is 7.79. The number of nitrogen functional groups attached to an aromatic ring is 1. The third kappa shape index (κ3) is 2.95. The van der Waals surface area contributed by atoms with E-state index < -0.39 is 10.0 Å². The average molecular weight is 356 g/mol. The van der Waals surface area contributed by atoms with Crippen molar-refractivity contribution < 1.29 is 8.42 Å². The summed E-state index contributed by atoms with van der Waals surface area (Å²) in [6.07, 6.45) is 1.28. The summed E-state index contributed by atoms with van der Waals surface area (Å²) >= 11 is 17.5. The van der Waals surface area contributed by atoms with Crippen molar-refractivity contribution in [3.05, 3.63) is 33.4 Å². The lowest BCUT2D eigenvalue weighted by atomic mass is 10.3. The predicted molar refractivity (Wildman–Crippen MR) is 79.9 cm³/mol. The molecule has 0 aliphatic carbocycles. The fourth-order valence-electron chi connectivity index (χ4n) is 1.49. The Morgan fingerprint density at radius 1 is 1.20 bits per heavy atom. The maximum Gasteiger partial charge on any atom is 0.267 e. The van der Waals surface area contributed by atoms with E-state index in [-0.39, 0.29) is 31.5 Å². The molecule has 0 amide bonds. The van der Waals surface area contributed by atoms with Crippen LogP contribution in [-0.2, 0) is 17.1 Å². The molecule has 6 nitrogen and oxygen atoms in total. The quantitative estimate of drug-likeness (QED) is 0.828. The van der Waals surface area contributed by atoms with Crippen LogP contribution in [0.2, 0.25) is 15.1 Å². The average Bonchev–Trinajstić information content (AvgIpc) is 2.66. The minimum atomic E-state index is -3.92. The smallest absolute Gasteiger partial charge is 0.267 e. The van der Waals surface area contributed by atoms with Gasteiger partial charge in [-0.3, -0.25) is 9.40 Å². The van der Waals surface area contributed by atoms with Crippen molar-refractivity contribution in [1.29, 1.82) is 0 Å². The third-order valence-corrected chi connectivity index (χ3v) is 4.78. The third-order valence-electron chi connectivity index (χ3n) is 2.37. The molecule has 3 N–H and O–H groups in total. The van der Waals surface area contributed by atoms with E-state index in [1.54, 1.807) is 7.05 Å². The fourth-order valence-corrected chi connectivity index (χ4v) is 3.32. The number of sulfonamides is 1. The van der Waals surface area contributed by atoms with E-state index in [1.165, 1.54) is 23.0 Å². The SMILES string of the molecule is Cn1cc(S(=O)(=O)Nc2cc(Cl)c(Cl)cc2Cl)c(N)n1. The highest BCUT2D eigenvalue weighted by molar-refractivity contribution is 7.92. The molecule has 0 fully saturated rings. The Bertz CT molecular complexity index is 773. The second-order valence-electron chi connectivity index (χ2n) is 3.90. The summed E-state index contributed by atoms with van der Waals surface area (Å²) in [5, 5.41) is 4.28. The van der Waals surface area contributed by atoms with Crippen LogP contribution in [0.4, 0.5) is 11.5 Å². The molecule has 2 rings (SSSR count). The first-order chi connectivity index (χ1) is 9.20. The number of anilines is 2. The summed E-state index contributed by atoms with van der Waals surface area (Å²) in [7, 11) is -2.36. The van der Waals surface area contributed by atoms with Crippen molar-refractivity contribution in [2.24, 2.45) is 7.05 Å². The molecule has 0 unspecified atom stereocenters. The molecule has 108 valence electrons. The van der Waals surface area contributed by atoms with E-state index in [4.69, 9.17) is 40.5 Å². The van der Waals surface area contributed by atoms with E-state index in [9.17, 15) is 8.42 Å². The van der Waals surface area contributed by atoms with E-state index in [0.29, 0.717) is 0 Å². The Hall–Kier alpha value is -1.15. The van der Waals surface area contributed by atoms with E-state index >= 15 is 0 Å². The van der Waals surface area contributed by atoms with Crippen LogP contribution < -0.4 is 10.5 Å². The molecular weight excluding hydrogens is 347 g/mol. The zero-order valence-electron chi connectivity index (χ0n) is 10.1. The van der Waals surface area contributed by atoms with Crippen molar-refractivity contribution in [3.63, 3.8) is 0 Å². The maximum absolute atomic E-state index is 12.2. The lowest BCUT2D eigenvalue weighted by molar-refractivity contribution is 0.601. The van der Waals surface area contributed by atoms with Crippen LogP contribution in [0.5, 0.6) is 0 Å². The van der Waals surface area contributed by atoms with Gasteiger partial charge in [0.25, 0.3) is 10.0 Å². The number of hydrogen-bond donors (Lipinski definition) is 2. The Morgan fingerprint density at radius 3 is 2.35 bits per heavy atom. The first-order valence-electron chi connectivity index (χ1n) is 5.17. The molecule has 1 aromatic carbocycles. The summed E-state index contributed by atoms with van der Waals surface area (Å²) in [4.78, 5) is -0.151. The van der Waals surface area contributed by atoms with Crippen molar-refractivity contribution in [1.82, 2.24) is 9.78 Å². The molecule has 0 saturated carbocycles. The highest BCUT2D eigenvalue weighted by Gasteiger charge is 2.22. The normalized spacial score (nSPS) is 11.6. The number of hydrogen-bond acceptors (Lipinski definition) is 4. The van der Waals surface area contributed by atoms with E-state index in [2.05, 4.69) is 9.82 Å². The number of aryl methyl sites for hydroxylation is 1. The minimum Gasteiger partial charge on any atom is -0.381 e. The van der Waals surface area contributed by atoms with Gasteiger partial charge in [-0.25, -0.2) is 8.42 Å². The number of nitrogens with one attached hydrogen (secondary N) is 1. The van der Waals surface area contributed by atoms with Crippen molar-refractivity contribution in [2.45, 2.75) is 4.90 Å². The molecule has 1 heterocycles. The molecule has 20 heavy (non-hydrogen) atoms. The van der Waals surface area contributed by atoms with Crippen LogP contribution in [0.25, 0.3) is 0 Å². The van der Waals surface area contributed by atoms with Gasteiger partial charge in [0.1, 0.15) is 4.90 Å². The predicted octanol–water partition coefficient (Wildman–Crippen LogP) is 2.76. The number of rotatable bonds is 3. The minimum absolute atomic E-state index is 0.101. The molecule has 0 aliphatic heterocycles. The van der Waals surface area contributed by atoms with Crippen LogP contribution in [0.3, 0.4) is 0 Å². The second-order valence-corrected chi connectivity index (χ2v) is 6.78. The largest absolute Gasteiger partial charge is 0.381 e. The molecule has 0 atom stereocenters. The summed E-state index contributed by atoms with van der Waals surface area (Å²) in [6, 6.07) is 2.66. The van der Waals surface area contributed by atoms with Gasteiger partial charge >= 0.3 is 0 Å². The number of aromatic nitrogens is 2. The zero-order valence-corrected chi connectivity index (χ0v) is 13.1. The monoisotopic (exact) mass is 354 g/mol. The molecule has 1 aromatic heterocycles. The Labute approximate surface area is 130 Å². The van der Waals surface area contributed by atoms with Crippen molar-refractivity contribution in [2.75, 3.05) is 10.5 Å². The number of nitrogens with two attached hydrogens (primary N) is 1. The Morgan fingerprint density at radius 2 is 1.80 bits per heavy atom. The fraction of sp³-hybridized carbons (Fsp3) is 0.100. The van der Waals surface area contributed by atoms with Gasteiger partial charge in [-0.1, -0.05) is 34.8 Å². The molecule has 10 heteroatoms. The lowest BCUT2D eigenvalue weighted by Gasteiger charge is -2.09. The van der Waals surface area contributed by atoms with Gasteiger partial charge in [-0.15, -0.1) is 0 Å². The van der Waals surface area contributed by atoms with Crippen molar-refractivity contribution in [3.8, 4) is 0 Å². The highest BCUT2D eigenvalue weighted by atomic mass is 35.5. The van der Waals surface area contributed by atoms with Crippen LogP contribution in [-0.4, -0.2) is 18.2 Å². The zero-order chi connectivity index (χ0) is 15.1. The molecule has 0 spiro atoms. The van der Waals surface area contributed by atoms with Crippen molar-refractivity contribution >= 4 is 56.3 Å². The van der Waals surface area contributed by atoms with Gasteiger partial charge in [-0.05, 0) is 12.1 Å². The van der Waals surface area contributed by atoms with E-state index in [0.717, 1.165) is 0 Å². The summed E-state index contributed by atoms with van der Waals surface area (Å²) in [5.74, 6) is -0.115.